The SMILES string of the molecule is C=C[C@H]1C[C@H]1/C=C/C(=O)OCC. The van der Waals surface area contributed by atoms with Gasteiger partial charge in [0.25, 0.3) is 0 Å². The van der Waals surface area contributed by atoms with Gasteiger partial charge in [0.05, 0.1) is 6.61 Å². The van der Waals surface area contributed by atoms with Crippen molar-refractivity contribution in [2.24, 2.45) is 11.8 Å². The van der Waals surface area contributed by atoms with Crippen molar-refractivity contribution in [2.45, 2.75) is 13.3 Å². The lowest BCUT2D eigenvalue weighted by Crippen LogP contribution is -1.98. The molecule has 1 rings (SSSR count). The Labute approximate surface area is 72.9 Å². The van der Waals surface area contributed by atoms with E-state index in [1.165, 1.54) is 6.08 Å². The molecule has 0 unspecified atom stereocenters. The highest BCUT2D eigenvalue weighted by atomic mass is 16.5. The predicted octanol–water partition coefficient (Wildman–Crippen LogP) is 1.93. The van der Waals surface area contributed by atoms with E-state index in [1.54, 1.807) is 6.92 Å². The minimum atomic E-state index is -0.243. The summed E-state index contributed by atoms with van der Waals surface area (Å²) in [6.07, 6.45) is 6.47. The molecule has 1 aliphatic rings. The van der Waals surface area contributed by atoms with Gasteiger partial charge in [0, 0.05) is 6.08 Å². The molecular weight excluding hydrogens is 152 g/mol. The summed E-state index contributed by atoms with van der Waals surface area (Å²) < 4.78 is 4.74. The predicted molar refractivity (Wildman–Crippen MR) is 47.6 cm³/mol. The fraction of sp³-hybridized carbons (Fsp3) is 0.500. The second kappa shape index (κ2) is 4.10. The first kappa shape index (κ1) is 9.04. The summed E-state index contributed by atoms with van der Waals surface area (Å²) in [6.45, 7) is 5.93. The Morgan fingerprint density at radius 2 is 2.42 bits per heavy atom. The van der Waals surface area contributed by atoms with E-state index < -0.39 is 0 Å². The molecule has 1 aliphatic carbocycles. The van der Waals surface area contributed by atoms with Crippen LogP contribution in [0, 0.1) is 11.8 Å². The number of esters is 1. The summed E-state index contributed by atoms with van der Waals surface area (Å²) in [5.74, 6) is 0.856. The molecule has 1 saturated carbocycles. The molecule has 2 atom stereocenters. The molecule has 0 heterocycles. The molecule has 66 valence electrons. The highest BCUT2D eigenvalue weighted by molar-refractivity contribution is 5.81. The first-order valence-electron chi connectivity index (χ1n) is 4.25. The van der Waals surface area contributed by atoms with E-state index in [1.807, 2.05) is 12.2 Å². The van der Waals surface area contributed by atoms with Gasteiger partial charge in [0.1, 0.15) is 0 Å². The molecule has 0 bridgehead atoms. The molecule has 2 heteroatoms. The topological polar surface area (TPSA) is 26.3 Å². The van der Waals surface area contributed by atoms with Crippen LogP contribution in [0.1, 0.15) is 13.3 Å². The molecule has 1 fully saturated rings. The maximum absolute atomic E-state index is 10.8. The largest absolute Gasteiger partial charge is 0.463 e. The van der Waals surface area contributed by atoms with Gasteiger partial charge in [-0.05, 0) is 25.2 Å². The van der Waals surface area contributed by atoms with E-state index in [9.17, 15) is 4.79 Å². The number of rotatable bonds is 4. The van der Waals surface area contributed by atoms with Crippen LogP contribution in [-0.2, 0) is 9.53 Å². The van der Waals surface area contributed by atoms with Crippen molar-refractivity contribution in [3.05, 3.63) is 24.8 Å². The van der Waals surface area contributed by atoms with Gasteiger partial charge < -0.3 is 4.74 Å². The summed E-state index contributed by atoms with van der Waals surface area (Å²) in [5.41, 5.74) is 0. The Balaban J connectivity index is 2.22. The van der Waals surface area contributed by atoms with Crippen molar-refractivity contribution in [1.29, 1.82) is 0 Å². The summed E-state index contributed by atoms with van der Waals surface area (Å²) in [5, 5.41) is 0. The van der Waals surface area contributed by atoms with Gasteiger partial charge in [0.2, 0.25) is 0 Å². The van der Waals surface area contributed by atoms with Gasteiger partial charge in [-0.1, -0.05) is 12.2 Å². The van der Waals surface area contributed by atoms with E-state index in [4.69, 9.17) is 4.74 Å². The third-order valence-corrected chi connectivity index (χ3v) is 1.96. The third-order valence-electron chi connectivity index (χ3n) is 1.96. The van der Waals surface area contributed by atoms with Crippen LogP contribution in [0.4, 0.5) is 0 Å². The van der Waals surface area contributed by atoms with Crippen molar-refractivity contribution in [3.63, 3.8) is 0 Å². The van der Waals surface area contributed by atoms with Crippen LogP contribution in [0.3, 0.4) is 0 Å². The van der Waals surface area contributed by atoms with Crippen LogP contribution in [0.15, 0.2) is 24.8 Å². The van der Waals surface area contributed by atoms with Gasteiger partial charge in [-0.25, -0.2) is 4.79 Å². The fourth-order valence-electron chi connectivity index (χ4n) is 1.12. The van der Waals surface area contributed by atoms with Crippen molar-refractivity contribution in [3.8, 4) is 0 Å². The van der Waals surface area contributed by atoms with Gasteiger partial charge in [-0.15, -0.1) is 6.58 Å². The number of hydrogen-bond donors (Lipinski definition) is 0. The van der Waals surface area contributed by atoms with E-state index in [-0.39, 0.29) is 5.97 Å². The Hall–Kier alpha value is -1.05. The van der Waals surface area contributed by atoms with Crippen molar-refractivity contribution >= 4 is 5.97 Å². The van der Waals surface area contributed by atoms with Crippen molar-refractivity contribution in [2.75, 3.05) is 6.61 Å². The molecule has 0 aromatic rings. The van der Waals surface area contributed by atoms with Crippen LogP contribution >= 0.6 is 0 Å². The normalized spacial score (nSPS) is 27.1. The molecule has 12 heavy (non-hydrogen) atoms. The summed E-state index contributed by atoms with van der Waals surface area (Å²) in [4.78, 5) is 10.8. The zero-order valence-electron chi connectivity index (χ0n) is 7.32. The van der Waals surface area contributed by atoms with Gasteiger partial charge in [-0.3, -0.25) is 0 Å². The number of allylic oxidation sites excluding steroid dienone is 2. The molecule has 0 amide bonds. The lowest BCUT2D eigenvalue weighted by molar-refractivity contribution is -0.137. The van der Waals surface area contributed by atoms with Crippen LogP contribution in [0.2, 0.25) is 0 Å². The highest BCUT2D eigenvalue weighted by Gasteiger charge is 2.31. The van der Waals surface area contributed by atoms with E-state index in [0.717, 1.165) is 6.42 Å². The van der Waals surface area contributed by atoms with Crippen LogP contribution in [0.25, 0.3) is 0 Å². The molecule has 0 N–H and O–H groups in total. The van der Waals surface area contributed by atoms with Gasteiger partial charge in [0.15, 0.2) is 0 Å². The van der Waals surface area contributed by atoms with Crippen LogP contribution in [0.5, 0.6) is 0 Å². The zero-order valence-corrected chi connectivity index (χ0v) is 7.32. The fourth-order valence-corrected chi connectivity index (χ4v) is 1.12. The molecule has 0 saturated heterocycles. The summed E-state index contributed by atoms with van der Waals surface area (Å²) in [6, 6.07) is 0. The molecule has 0 aromatic heterocycles. The molecule has 0 radical (unpaired) electrons. The Bertz CT molecular complexity index is 206. The second-order valence-corrected chi connectivity index (χ2v) is 2.91. The molecule has 0 aromatic carbocycles. The van der Waals surface area contributed by atoms with Crippen molar-refractivity contribution in [1.82, 2.24) is 0 Å². The van der Waals surface area contributed by atoms with Crippen LogP contribution < -0.4 is 0 Å². The molecule has 2 nitrogen and oxygen atoms in total. The maximum atomic E-state index is 10.8. The number of ether oxygens (including phenoxy) is 1. The second-order valence-electron chi connectivity index (χ2n) is 2.91. The van der Waals surface area contributed by atoms with Gasteiger partial charge in [-0.2, -0.15) is 0 Å². The van der Waals surface area contributed by atoms with E-state index in [0.29, 0.717) is 18.4 Å². The lowest BCUT2D eigenvalue weighted by atomic mass is 10.3. The first-order chi connectivity index (χ1) is 5.77. The zero-order chi connectivity index (χ0) is 8.97. The number of hydrogen-bond acceptors (Lipinski definition) is 2. The minimum Gasteiger partial charge on any atom is -0.463 e. The lowest BCUT2D eigenvalue weighted by Gasteiger charge is -1.93. The smallest absolute Gasteiger partial charge is 0.330 e. The standard InChI is InChI=1S/C10H14O2/c1-3-8-7-9(8)5-6-10(11)12-4-2/h3,5-6,8-9H,1,4,7H2,2H3/b6-5+/t8-,9+/m0/s1. The monoisotopic (exact) mass is 166 g/mol. The minimum absolute atomic E-state index is 0.243. The molecular formula is C10H14O2. The summed E-state index contributed by atoms with van der Waals surface area (Å²) in [7, 11) is 0. The molecule has 0 spiro atoms. The van der Waals surface area contributed by atoms with E-state index in [2.05, 4.69) is 6.58 Å². The average molecular weight is 166 g/mol. The average Bonchev–Trinajstić information content (AvgIpc) is 2.80. The molecule has 0 aliphatic heterocycles. The quantitative estimate of drug-likeness (QED) is 0.362. The highest BCUT2D eigenvalue weighted by Crippen LogP contribution is 2.40. The number of carbonyl (C=O) groups excluding carboxylic acids is 1. The first-order valence-corrected chi connectivity index (χ1v) is 4.25. The van der Waals surface area contributed by atoms with Crippen LogP contribution in [-0.4, -0.2) is 12.6 Å². The Kier molecular flexibility index (Phi) is 3.09. The van der Waals surface area contributed by atoms with E-state index >= 15 is 0 Å². The summed E-state index contributed by atoms with van der Waals surface area (Å²) >= 11 is 0. The van der Waals surface area contributed by atoms with Crippen molar-refractivity contribution < 1.29 is 9.53 Å². The third kappa shape index (κ3) is 2.53. The Morgan fingerprint density at radius 1 is 1.67 bits per heavy atom. The maximum Gasteiger partial charge on any atom is 0.330 e. The Morgan fingerprint density at radius 3 is 2.92 bits per heavy atom. The van der Waals surface area contributed by atoms with Gasteiger partial charge >= 0.3 is 5.97 Å². The number of carbonyl (C=O) groups is 1.